The van der Waals surface area contributed by atoms with E-state index in [1.165, 1.54) is 16.0 Å². The van der Waals surface area contributed by atoms with E-state index in [-0.39, 0.29) is 17.9 Å². The number of hydrogen-bond donors (Lipinski definition) is 1. The molecule has 2 aliphatic carbocycles. The van der Waals surface area contributed by atoms with Crippen molar-refractivity contribution in [2.75, 3.05) is 18.6 Å². The van der Waals surface area contributed by atoms with E-state index in [4.69, 9.17) is 4.74 Å². The number of aliphatic hydroxyl groups excluding tert-OH is 1. The first kappa shape index (κ1) is 26.9. The summed E-state index contributed by atoms with van der Waals surface area (Å²) in [5.74, 6) is 2.20. The smallest absolute Gasteiger partial charge is 0.230 e. The Hall–Kier alpha value is -2.70. The fourth-order valence-electron chi connectivity index (χ4n) is 6.25. The van der Waals surface area contributed by atoms with Crippen LogP contribution in [0.2, 0.25) is 0 Å². The van der Waals surface area contributed by atoms with E-state index in [0.717, 1.165) is 79.9 Å². The van der Waals surface area contributed by atoms with Gasteiger partial charge in [-0.3, -0.25) is 4.79 Å². The minimum Gasteiger partial charge on any atom is -0.496 e. The molecule has 0 saturated heterocycles. The average Bonchev–Trinajstić information content (AvgIpc) is 3.38. The number of aliphatic hydroxyl groups is 1. The first-order valence-electron chi connectivity index (χ1n) is 14.1. The third-order valence-corrected chi connectivity index (χ3v) is 9.48. The molecule has 5 nitrogen and oxygen atoms in total. The summed E-state index contributed by atoms with van der Waals surface area (Å²) in [6.07, 6.45) is 9.15. The lowest BCUT2D eigenvalue weighted by Crippen LogP contribution is -2.41. The Bertz CT molecular complexity index is 1240. The Morgan fingerprint density at radius 3 is 2.45 bits per heavy atom. The maximum Gasteiger partial charge on any atom is 0.230 e. The van der Waals surface area contributed by atoms with Crippen LogP contribution in [0.25, 0.3) is 10.6 Å². The monoisotopic (exact) mass is 532 g/mol. The van der Waals surface area contributed by atoms with Gasteiger partial charge >= 0.3 is 0 Å². The van der Waals surface area contributed by atoms with Crippen molar-refractivity contribution in [3.8, 4) is 16.3 Å². The van der Waals surface area contributed by atoms with Gasteiger partial charge in [-0.25, -0.2) is 4.98 Å². The fourth-order valence-corrected chi connectivity index (χ4v) is 7.01. The quantitative estimate of drug-likeness (QED) is 0.347. The van der Waals surface area contributed by atoms with Gasteiger partial charge in [-0.1, -0.05) is 24.3 Å². The number of hydrogen-bond acceptors (Lipinski definition) is 5. The number of carbonyl (C=O) groups is 1. The molecule has 2 aromatic carbocycles. The van der Waals surface area contributed by atoms with Crippen LogP contribution >= 0.6 is 11.3 Å². The van der Waals surface area contributed by atoms with Crippen LogP contribution in [0.15, 0.2) is 48.7 Å². The second kappa shape index (κ2) is 12.0. The number of amides is 1. The molecule has 1 aromatic heterocycles. The van der Waals surface area contributed by atoms with E-state index >= 15 is 0 Å². The highest BCUT2D eigenvalue weighted by Gasteiger charge is 2.32. The SMILES string of the molecule is COc1ccc([C@H]2CC[C@H](CN(c3cccc(-c4ncc(C)s4)c3)C(=O)[C@H]3CC[C@H](O)CC3)CC2)cc1C. The molecule has 6 heteroatoms. The minimum absolute atomic E-state index is 0.0113. The lowest BCUT2D eigenvalue weighted by molar-refractivity contribution is -0.124. The van der Waals surface area contributed by atoms with Gasteiger partial charge in [0, 0.05) is 34.8 Å². The van der Waals surface area contributed by atoms with E-state index in [1.807, 2.05) is 6.20 Å². The van der Waals surface area contributed by atoms with Crippen LogP contribution in [0.3, 0.4) is 0 Å². The highest BCUT2D eigenvalue weighted by Crippen LogP contribution is 2.39. The second-order valence-corrected chi connectivity index (χ2v) is 12.5. The maximum absolute atomic E-state index is 13.9. The van der Waals surface area contributed by atoms with Crippen LogP contribution in [-0.2, 0) is 4.79 Å². The van der Waals surface area contributed by atoms with Crippen LogP contribution < -0.4 is 9.64 Å². The molecule has 2 saturated carbocycles. The number of methoxy groups -OCH3 is 1. The number of benzene rings is 2. The highest BCUT2D eigenvalue weighted by atomic mass is 32.1. The lowest BCUT2D eigenvalue weighted by Gasteiger charge is -2.36. The highest BCUT2D eigenvalue weighted by molar-refractivity contribution is 7.14. The maximum atomic E-state index is 13.9. The molecule has 5 rings (SSSR count). The Balaban J connectivity index is 1.32. The Morgan fingerprint density at radius 2 is 1.79 bits per heavy atom. The largest absolute Gasteiger partial charge is 0.496 e. The molecule has 1 N–H and O–H groups in total. The van der Waals surface area contributed by atoms with Gasteiger partial charge in [0.1, 0.15) is 10.8 Å². The number of aryl methyl sites for hydroxylation is 2. The summed E-state index contributed by atoms with van der Waals surface area (Å²) in [6, 6.07) is 14.9. The topological polar surface area (TPSA) is 62.7 Å². The van der Waals surface area contributed by atoms with Gasteiger partial charge in [0.25, 0.3) is 0 Å². The first-order valence-corrected chi connectivity index (χ1v) is 14.9. The standard InChI is InChI=1S/C32H40N2O3S/c1-21-17-26(13-16-30(21)37-3)24-9-7-23(8-10-24)20-34(32(36)25-11-14-29(35)15-12-25)28-6-4-5-27(18-28)31-33-19-22(2)38-31/h4-6,13,16-19,23-25,29,35H,7-12,14-15,20H2,1-3H3/t23-,24-,25-,29-. The van der Waals surface area contributed by atoms with Gasteiger partial charge in [-0.05, 0) is 106 Å². The van der Waals surface area contributed by atoms with Gasteiger partial charge in [-0.2, -0.15) is 0 Å². The summed E-state index contributed by atoms with van der Waals surface area (Å²) in [4.78, 5) is 21.8. The van der Waals surface area contributed by atoms with Crippen LogP contribution in [0, 0.1) is 25.7 Å². The third kappa shape index (κ3) is 6.13. The molecule has 0 radical (unpaired) electrons. The van der Waals surface area contributed by atoms with Crippen molar-refractivity contribution in [1.82, 2.24) is 4.98 Å². The van der Waals surface area contributed by atoms with Crippen molar-refractivity contribution < 1.29 is 14.6 Å². The van der Waals surface area contributed by atoms with Crippen molar-refractivity contribution >= 4 is 22.9 Å². The summed E-state index contributed by atoms with van der Waals surface area (Å²) in [6.45, 7) is 4.94. The van der Waals surface area contributed by atoms with Gasteiger partial charge in [0.05, 0.1) is 13.2 Å². The third-order valence-electron chi connectivity index (χ3n) is 8.52. The number of ether oxygens (including phenoxy) is 1. The van der Waals surface area contributed by atoms with Crippen molar-refractivity contribution in [3.05, 3.63) is 64.7 Å². The predicted molar refractivity (Wildman–Crippen MR) is 155 cm³/mol. The second-order valence-electron chi connectivity index (χ2n) is 11.2. The summed E-state index contributed by atoms with van der Waals surface area (Å²) < 4.78 is 5.45. The van der Waals surface area contributed by atoms with Gasteiger partial charge in [0.2, 0.25) is 5.91 Å². The number of rotatable bonds is 7. The molecule has 0 unspecified atom stereocenters. The molecule has 2 fully saturated rings. The van der Waals surface area contributed by atoms with E-state index in [0.29, 0.717) is 11.8 Å². The van der Waals surface area contributed by atoms with E-state index < -0.39 is 0 Å². The molecule has 0 aliphatic heterocycles. The molecule has 0 spiro atoms. The van der Waals surface area contributed by atoms with Crippen molar-refractivity contribution in [2.24, 2.45) is 11.8 Å². The Morgan fingerprint density at radius 1 is 1.03 bits per heavy atom. The summed E-state index contributed by atoms with van der Waals surface area (Å²) in [7, 11) is 1.73. The van der Waals surface area contributed by atoms with E-state index in [1.54, 1.807) is 18.4 Å². The van der Waals surface area contributed by atoms with E-state index in [2.05, 4.69) is 66.2 Å². The van der Waals surface area contributed by atoms with Gasteiger partial charge < -0.3 is 14.7 Å². The molecular formula is C32H40N2O3S. The van der Waals surface area contributed by atoms with Crippen molar-refractivity contribution in [3.63, 3.8) is 0 Å². The van der Waals surface area contributed by atoms with Gasteiger partial charge in [0.15, 0.2) is 0 Å². The molecule has 202 valence electrons. The molecule has 2 aliphatic rings. The molecule has 0 atom stereocenters. The number of aromatic nitrogens is 1. The van der Waals surface area contributed by atoms with Crippen molar-refractivity contribution in [1.29, 1.82) is 0 Å². The molecule has 1 amide bonds. The molecular weight excluding hydrogens is 492 g/mol. The number of thiazole rings is 1. The van der Waals surface area contributed by atoms with Crippen LogP contribution in [-0.4, -0.2) is 35.8 Å². The zero-order chi connectivity index (χ0) is 26.6. The summed E-state index contributed by atoms with van der Waals surface area (Å²) in [5.41, 5.74) is 4.63. The number of nitrogens with zero attached hydrogens (tertiary/aromatic N) is 2. The van der Waals surface area contributed by atoms with Crippen molar-refractivity contribution in [2.45, 2.75) is 77.2 Å². The fraction of sp³-hybridized carbons (Fsp3) is 0.500. The average molecular weight is 533 g/mol. The summed E-state index contributed by atoms with van der Waals surface area (Å²) in [5, 5.41) is 11.0. The molecule has 0 bridgehead atoms. The summed E-state index contributed by atoms with van der Waals surface area (Å²) >= 11 is 1.68. The van der Waals surface area contributed by atoms with Gasteiger partial charge in [-0.15, -0.1) is 11.3 Å². The first-order chi connectivity index (χ1) is 18.4. The molecule has 38 heavy (non-hydrogen) atoms. The van der Waals surface area contributed by atoms with Crippen LogP contribution in [0.4, 0.5) is 5.69 Å². The molecule has 1 heterocycles. The number of anilines is 1. The van der Waals surface area contributed by atoms with Crippen LogP contribution in [0.5, 0.6) is 5.75 Å². The Kier molecular flexibility index (Phi) is 8.49. The van der Waals surface area contributed by atoms with Crippen LogP contribution in [0.1, 0.15) is 73.3 Å². The lowest BCUT2D eigenvalue weighted by atomic mass is 9.78. The predicted octanol–water partition coefficient (Wildman–Crippen LogP) is 7.29. The van der Waals surface area contributed by atoms with E-state index in [9.17, 15) is 9.90 Å². The Labute approximate surface area is 230 Å². The normalized spacial score (nSPS) is 23.7. The minimum atomic E-state index is -0.263. The molecule has 3 aromatic rings. The zero-order valence-electron chi connectivity index (χ0n) is 22.9. The number of carbonyl (C=O) groups excluding carboxylic acids is 1. The zero-order valence-corrected chi connectivity index (χ0v) is 23.7.